The molecule has 0 aliphatic carbocycles. The summed E-state index contributed by atoms with van der Waals surface area (Å²) in [4.78, 5) is 11.8. The SMILES string of the molecule is C.C.C.[2H]CF.[C-]#[N+]c1c(-c2ccccc2)c(C#N)c(-n2c3c(ccc4c5ccccc5sc43)c3ccc4c5ccccc5sc4c32)c(-c2ccccc2)c1-n1c2c(ccc3c4ccccc4sc32)c2ccc3c4ccccc4sc3c21.[C-]#[N+]c1c(F)c(-c2ccccc2)c(F)c(C#N)c1-c1ccccc1.c1ccc2c(c1)sc1c2ccc2c3ccc4c5ccccc5sc4c3[nH]c21. The number of H-pyrrole nitrogens is 1. The zero-order valence-corrected chi connectivity index (χ0v) is 72.7. The third-order valence-electron chi connectivity index (χ3n) is 25.1. The summed E-state index contributed by atoms with van der Waals surface area (Å²) in [7, 11) is -1.00. The summed E-state index contributed by atoms with van der Waals surface area (Å²) in [5.41, 5.74) is 12.0. The third-order valence-corrected chi connectivity index (χ3v) is 32.3. The van der Waals surface area contributed by atoms with Gasteiger partial charge in [-0.1, -0.05) is 326 Å². The highest BCUT2D eigenvalue weighted by Crippen LogP contribution is 2.58. The summed E-state index contributed by atoms with van der Waals surface area (Å²) in [6, 6.07) is 122. The average molecular weight is 1810 g/mol. The van der Waals surface area contributed by atoms with E-state index in [4.69, 9.17) is 12.8 Å². The first-order valence-electron chi connectivity index (χ1n) is 42.3. The Balaban J connectivity index is 0.000000152. The Kier molecular flexibility index (Phi) is 20.6. The van der Waals surface area contributed by atoms with E-state index in [0.29, 0.717) is 22.4 Å². The number of aromatic nitrogens is 3. The molecular weight excluding hydrogens is 1740 g/mol. The number of rotatable bonds is 6. The number of hydrogen-bond donors (Lipinski definition) is 1. The summed E-state index contributed by atoms with van der Waals surface area (Å²) in [5, 5.41) is 43.9. The van der Waals surface area contributed by atoms with Crippen LogP contribution in [-0.4, -0.2) is 21.3 Å². The van der Waals surface area contributed by atoms with Gasteiger partial charge < -0.3 is 14.1 Å². The van der Waals surface area contributed by atoms with Crippen LogP contribution in [0.15, 0.2) is 340 Å². The molecule has 7 nitrogen and oxygen atoms in total. The molecule has 0 fully saturated rings. The summed E-state index contributed by atoms with van der Waals surface area (Å²) in [5.74, 6) is -1.90. The second kappa shape index (κ2) is 33.2. The average Bonchev–Trinajstić information content (AvgIpc) is 1.53. The highest BCUT2D eigenvalue weighted by atomic mass is 32.1. The van der Waals surface area contributed by atoms with E-state index < -0.39 is 18.8 Å². The number of thiophene rings is 6. The number of benzene rings is 18. The van der Waals surface area contributed by atoms with Crippen LogP contribution < -0.4 is 0 Å². The Morgan fingerprint density at radius 2 is 0.523 bits per heavy atom. The molecule has 9 aromatic heterocycles. The predicted octanol–water partition coefficient (Wildman–Crippen LogP) is 37.4. The van der Waals surface area contributed by atoms with Gasteiger partial charge in [0.15, 0.2) is 0 Å². The van der Waals surface area contributed by atoms with Gasteiger partial charge in [0.1, 0.15) is 23.8 Å². The number of nitriles is 2. The van der Waals surface area contributed by atoms with E-state index in [2.05, 4.69) is 286 Å². The van der Waals surface area contributed by atoms with Gasteiger partial charge in [-0.25, -0.2) is 18.5 Å². The molecule has 628 valence electrons. The minimum atomic E-state index is -1.00. The second-order valence-electron chi connectivity index (χ2n) is 31.7. The van der Waals surface area contributed by atoms with Crippen molar-refractivity contribution in [2.24, 2.45) is 0 Å². The predicted molar refractivity (Wildman–Crippen MR) is 566 cm³/mol. The lowest BCUT2D eigenvalue weighted by Crippen LogP contribution is -2.09. The molecule has 0 atom stereocenters. The van der Waals surface area contributed by atoms with Gasteiger partial charge in [0, 0.05) is 147 Å². The molecule has 27 rings (SSSR count). The summed E-state index contributed by atoms with van der Waals surface area (Å²) in [6.07, 6.45) is 0. The van der Waals surface area contributed by atoms with E-state index in [1.54, 1.807) is 66.7 Å². The number of fused-ring (bicyclic) bond motifs is 33. The van der Waals surface area contributed by atoms with Gasteiger partial charge in [-0.15, -0.1) is 68.0 Å². The van der Waals surface area contributed by atoms with Crippen LogP contribution in [0, 0.1) is 47.4 Å². The van der Waals surface area contributed by atoms with Crippen molar-refractivity contribution < 1.29 is 14.5 Å². The van der Waals surface area contributed by atoms with E-state index in [0.717, 1.165) is 90.5 Å². The minimum Gasteiger partial charge on any atom is -0.352 e. The quantitative estimate of drug-likeness (QED) is 0.168. The summed E-state index contributed by atoms with van der Waals surface area (Å²) < 4.78 is 65.2. The van der Waals surface area contributed by atoms with Crippen molar-refractivity contribution in [3.63, 3.8) is 0 Å². The van der Waals surface area contributed by atoms with Crippen molar-refractivity contribution in [3.8, 4) is 68.0 Å². The fourth-order valence-corrected chi connectivity index (χ4v) is 27.1. The Morgan fingerprint density at radius 3 is 0.826 bits per heavy atom. The maximum Gasteiger partial charge on any atom is 0.231 e. The summed E-state index contributed by atoms with van der Waals surface area (Å²) in [6.45, 7) is 17.0. The van der Waals surface area contributed by atoms with Gasteiger partial charge >= 0.3 is 0 Å². The van der Waals surface area contributed by atoms with Crippen molar-refractivity contribution >= 4 is 266 Å². The Labute approximate surface area is 781 Å². The van der Waals surface area contributed by atoms with Crippen LogP contribution in [0.3, 0.4) is 0 Å². The van der Waals surface area contributed by atoms with Gasteiger partial charge in [-0.05, 0) is 58.7 Å². The number of nitrogens with zero attached hydrogens (tertiary/aromatic N) is 6. The standard InChI is InChI=1S/C68H34N4S4.C24H13NS2.C20H10F2N2.CH3F.3CH4/c1-70-58-56(37-16-4-2-5-17-37)51(36-69)59(71-60-43(28-32-47-39-20-8-12-24-52(39)73-65(47)60)44-29-33-48-40-21-9-13-25-53(40)74-66(48)61(44)71)57(38-18-6-3-7-19-38)64(58)72-62-45(30-34-49-41-22-10-14-26-54(41)75-67(49)62)46-31-35-50-42-23-11-15-27-55(42)76-68(50)63(46)72;1-3-7-19-13(5-1)17-11-9-15-16-10-12-18-14-6-2-4-8-20(14)27-24(18)22(16)25-21(15)23(17)26-19;1-24-20-16(13-8-4-2-5-9-13)15(12-23)18(21)17(19(20)22)14-10-6-3-7-11-14;1-2;;;/h2-35H;1-12,25H;2-11H;1H3;3*1H4/i;;;1D;;;. The molecule has 0 spiro atoms. The molecule has 0 saturated heterocycles. The van der Waals surface area contributed by atoms with Gasteiger partial charge in [-0.3, -0.25) is 4.39 Å². The molecule has 132 heavy (non-hydrogen) atoms. The largest absolute Gasteiger partial charge is 0.352 e. The van der Waals surface area contributed by atoms with E-state index in [-0.39, 0.29) is 50.2 Å². The van der Waals surface area contributed by atoms with Crippen molar-refractivity contribution in [1.29, 1.82) is 10.5 Å². The second-order valence-corrected chi connectivity index (χ2v) is 38.0. The Hall–Kier alpha value is -15.6. The molecule has 0 saturated carbocycles. The van der Waals surface area contributed by atoms with E-state index >= 15 is 0 Å². The van der Waals surface area contributed by atoms with Crippen LogP contribution in [0.4, 0.5) is 24.5 Å². The lowest BCUT2D eigenvalue weighted by Gasteiger charge is -2.26. The van der Waals surface area contributed by atoms with Crippen molar-refractivity contribution in [3.05, 3.63) is 385 Å². The maximum atomic E-state index is 14.9. The molecule has 0 aliphatic rings. The third kappa shape index (κ3) is 12.4. The highest BCUT2D eigenvalue weighted by molar-refractivity contribution is 7.29. The fraction of sp³-hybridized carbons (Fsp3) is 0.0345. The van der Waals surface area contributed by atoms with Crippen LogP contribution in [0.1, 0.15) is 34.8 Å². The number of hydrogen-bond acceptors (Lipinski definition) is 8. The van der Waals surface area contributed by atoms with Gasteiger partial charge in [0.05, 0.1) is 105 Å². The number of alkyl halides is 1. The number of aromatic amines is 1. The van der Waals surface area contributed by atoms with E-state index in [9.17, 15) is 30.3 Å². The molecule has 0 unspecified atom stereocenters. The maximum absolute atomic E-state index is 14.9. The zero-order valence-electron chi connectivity index (χ0n) is 68.8. The fourth-order valence-electron chi connectivity index (χ4n) is 19.7. The molecule has 27 aromatic rings. The first kappa shape index (κ1) is 82.1. The molecule has 16 heteroatoms. The smallest absolute Gasteiger partial charge is 0.231 e. The van der Waals surface area contributed by atoms with Gasteiger partial charge in [-0.2, -0.15) is 10.5 Å². The van der Waals surface area contributed by atoms with Crippen LogP contribution in [-0.2, 0) is 0 Å². The lowest BCUT2D eigenvalue weighted by atomic mass is 9.88. The highest BCUT2D eigenvalue weighted by Gasteiger charge is 2.36. The molecule has 9 heterocycles. The lowest BCUT2D eigenvalue weighted by molar-refractivity contribution is 0.591. The van der Waals surface area contributed by atoms with Crippen LogP contribution in [0.2, 0.25) is 0 Å². The molecular formula is C116H72F3N7S6. The van der Waals surface area contributed by atoms with Crippen LogP contribution in [0.25, 0.3) is 252 Å². The monoisotopic (exact) mass is 1810 g/mol. The Morgan fingerprint density at radius 1 is 0.280 bits per heavy atom. The van der Waals surface area contributed by atoms with Crippen molar-refractivity contribution in [2.45, 2.75) is 22.3 Å². The van der Waals surface area contributed by atoms with Crippen LogP contribution >= 0.6 is 68.0 Å². The zero-order chi connectivity index (χ0) is 87.3. The first-order valence-corrected chi connectivity index (χ1v) is 46.5. The number of halogens is 3. The molecule has 0 bridgehead atoms. The van der Waals surface area contributed by atoms with Crippen molar-refractivity contribution in [1.82, 2.24) is 14.1 Å². The molecule has 0 aliphatic heterocycles. The minimum absolute atomic E-state index is 0. The molecule has 0 radical (unpaired) electrons. The number of nitrogens with one attached hydrogen (secondary N) is 1. The van der Waals surface area contributed by atoms with E-state index in [1.807, 2.05) is 86.2 Å². The normalized spacial score (nSPS) is 11.5. The molecule has 0 amide bonds. The van der Waals surface area contributed by atoms with Gasteiger partial charge in [0.25, 0.3) is 0 Å². The Bertz CT molecular complexity index is 8940. The summed E-state index contributed by atoms with van der Waals surface area (Å²) >= 11 is 11.0. The van der Waals surface area contributed by atoms with Crippen LogP contribution in [0.5, 0.6) is 0 Å². The van der Waals surface area contributed by atoms with Gasteiger partial charge in [0.2, 0.25) is 11.4 Å². The van der Waals surface area contributed by atoms with E-state index in [1.165, 1.54) is 124 Å². The molecule has 1 N–H and O–H groups in total. The topological polar surface area (TPSA) is 81.9 Å². The first-order chi connectivity index (χ1) is 64.1. The molecule has 18 aromatic carbocycles. The van der Waals surface area contributed by atoms with Crippen molar-refractivity contribution in [2.75, 3.05) is 7.15 Å².